The molecule has 0 saturated carbocycles. The second-order valence-electron chi connectivity index (χ2n) is 6.89. The van der Waals surface area contributed by atoms with Crippen LogP contribution in [0.15, 0.2) is 42.5 Å². The number of anilines is 2. The molecule has 1 aliphatic heterocycles. The van der Waals surface area contributed by atoms with E-state index in [0.717, 1.165) is 22.7 Å². The van der Waals surface area contributed by atoms with Gasteiger partial charge in [0.1, 0.15) is 18.2 Å². The lowest BCUT2D eigenvalue weighted by Gasteiger charge is -2.27. The van der Waals surface area contributed by atoms with Gasteiger partial charge in [-0.15, -0.1) is 0 Å². The van der Waals surface area contributed by atoms with Crippen LogP contribution >= 0.6 is 0 Å². The third-order valence-electron chi connectivity index (χ3n) is 4.59. The predicted octanol–water partition coefficient (Wildman–Crippen LogP) is 1.84. The molecule has 1 heterocycles. The van der Waals surface area contributed by atoms with Crippen LogP contribution in [0.25, 0.3) is 0 Å². The summed E-state index contributed by atoms with van der Waals surface area (Å²) in [6.45, 7) is 1.21. The van der Waals surface area contributed by atoms with Gasteiger partial charge in [0.05, 0.1) is 30.8 Å². The van der Waals surface area contributed by atoms with Gasteiger partial charge in [0.25, 0.3) is 5.91 Å². The molecule has 0 bridgehead atoms. The number of hydrogen-bond acceptors (Lipinski definition) is 5. The fraction of sp³-hybridized carbons (Fsp3) is 0.300. The lowest BCUT2D eigenvalue weighted by Crippen LogP contribution is -2.40. The summed E-state index contributed by atoms with van der Waals surface area (Å²) in [4.78, 5) is 26.5. The van der Waals surface area contributed by atoms with E-state index in [1.165, 1.54) is 24.3 Å². The Labute approximate surface area is 178 Å². The maximum Gasteiger partial charge on any atom is 0.254 e. The normalized spacial score (nSPS) is 14.2. The van der Waals surface area contributed by atoms with Gasteiger partial charge in [-0.3, -0.25) is 13.9 Å². The molecular formula is C20H21F2N3O5S. The molecule has 0 unspecified atom stereocenters. The predicted molar refractivity (Wildman–Crippen MR) is 110 cm³/mol. The van der Waals surface area contributed by atoms with Gasteiger partial charge in [0, 0.05) is 24.7 Å². The molecule has 1 fully saturated rings. The van der Waals surface area contributed by atoms with Crippen molar-refractivity contribution in [2.45, 2.75) is 0 Å². The molecule has 2 aromatic rings. The van der Waals surface area contributed by atoms with Gasteiger partial charge in [-0.05, 0) is 36.4 Å². The van der Waals surface area contributed by atoms with Crippen molar-refractivity contribution in [1.29, 1.82) is 0 Å². The fourth-order valence-electron chi connectivity index (χ4n) is 3.03. The van der Waals surface area contributed by atoms with E-state index in [-0.39, 0.29) is 17.3 Å². The number of nitrogens with zero attached hydrogens (tertiary/aromatic N) is 2. The molecule has 0 aromatic heterocycles. The Morgan fingerprint density at radius 1 is 1.10 bits per heavy atom. The Kier molecular flexibility index (Phi) is 6.86. The van der Waals surface area contributed by atoms with Crippen molar-refractivity contribution in [3.05, 3.63) is 59.7 Å². The molecule has 8 nitrogen and oxygen atoms in total. The number of nitrogens with one attached hydrogen (secondary N) is 1. The first-order valence-electron chi connectivity index (χ1n) is 9.35. The standard InChI is InChI=1S/C20H21F2N3O5S/c1-31(28,29)25(13-19(26)23-18-7-4-15(21)12-17(18)22)16-5-2-14(3-6-16)20(27)24-8-10-30-11-9-24/h2-7,12H,8-11,13H2,1H3,(H,23,26). The van der Waals surface area contributed by atoms with Crippen LogP contribution in [0.2, 0.25) is 0 Å². The first kappa shape index (κ1) is 22.6. The van der Waals surface area contributed by atoms with Crippen molar-refractivity contribution in [1.82, 2.24) is 4.90 Å². The van der Waals surface area contributed by atoms with Crippen LogP contribution in [-0.4, -0.2) is 64.2 Å². The number of carbonyl (C=O) groups excluding carboxylic acids is 2. The van der Waals surface area contributed by atoms with Crippen LogP contribution in [-0.2, 0) is 19.6 Å². The van der Waals surface area contributed by atoms with E-state index in [1.54, 1.807) is 4.90 Å². The van der Waals surface area contributed by atoms with Gasteiger partial charge < -0.3 is 15.0 Å². The molecule has 0 atom stereocenters. The van der Waals surface area contributed by atoms with Crippen molar-refractivity contribution in [3.8, 4) is 0 Å². The number of amides is 2. The minimum absolute atomic E-state index is 0.163. The molecule has 2 aromatic carbocycles. The molecule has 166 valence electrons. The number of sulfonamides is 1. The quantitative estimate of drug-likeness (QED) is 0.720. The minimum Gasteiger partial charge on any atom is -0.378 e. The number of morpholine rings is 1. The van der Waals surface area contributed by atoms with Crippen LogP contribution in [0, 0.1) is 11.6 Å². The van der Waals surface area contributed by atoms with Crippen molar-refractivity contribution in [2.75, 3.05) is 48.7 Å². The molecule has 0 radical (unpaired) electrons. The molecule has 31 heavy (non-hydrogen) atoms. The lowest BCUT2D eigenvalue weighted by atomic mass is 10.1. The van der Waals surface area contributed by atoms with E-state index in [2.05, 4.69) is 5.32 Å². The summed E-state index contributed by atoms with van der Waals surface area (Å²) in [5.74, 6) is -2.81. The van der Waals surface area contributed by atoms with Gasteiger partial charge >= 0.3 is 0 Å². The van der Waals surface area contributed by atoms with Gasteiger partial charge in [0.15, 0.2) is 0 Å². The van der Waals surface area contributed by atoms with Crippen molar-refractivity contribution >= 4 is 33.2 Å². The number of rotatable bonds is 6. The van der Waals surface area contributed by atoms with Crippen molar-refractivity contribution in [2.24, 2.45) is 0 Å². The second-order valence-corrected chi connectivity index (χ2v) is 8.80. The van der Waals surface area contributed by atoms with E-state index in [9.17, 15) is 26.8 Å². The second kappa shape index (κ2) is 9.40. The zero-order valence-electron chi connectivity index (χ0n) is 16.7. The minimum atomic E-state index is -3.87. The highest BCUT2D eigenvalue weighted by molar-refractivity contribution is 7.92. The molecule has 1 aliphatic rings. The molecule has 3 rings (SSSR count). The van der Waals surface area contributed by atoms with Gasteiger partial charge in [-0.2, -0.15) is 0 Å². The molecule has 1 N–H and O–H groups in total. The number of ether oxygens (including phenoxy) is 1. The topological polar surface area (TPSA) is 96.0 Å². The summed E-state index contributed by atoms with van der Waals surface area (Å²) in [6.07, 6.45) is 0.922. The van der Waals surface area contributed by atoms with E-state index < -0.39 is 34.1 Å². The Morgan fingerprint density at radius 3 is 2.32 bits per heavy atom. The van der Waals surface area contributed by atoms with Crippen LogP contribution in [0.3, 0.4) is 0 Å². The largest absolute Gasteiger partial charge is 0.378 e. The van der Waals surface area contributed by atoms with E-state index in [0.29, 0.717) is 37.9 Å². The zero-order chi connectivity index (χ0) is 22.6. The fourth-order valence-corrected chi connectivity index (χ4v) is 3.89. The molecule has 0 aliphatic carbocycles. The third-order valence-corrected chi connectivity index (χ3v) is 5.73. The van der Waals surface area contributed by atoms with Crippen molar-refractivity contribution < 1.29 is 31.5 Å². The van der Waals surface area contributed by atoms with Crippen molar-refractivity contribution in [3.63, 3.8) is 0 Å². The van der Waals surface area contributed by atoms with Gasteiger partial charge in [-0.1, -0.05) is 0 Å². The number of hydrogen-bond donors (Lipinski definition) is 1. The Balaban J connectivity index is 1.74. The Bertz CT molecular complexity index is 1070. The average molecular weight is 453 g/mol. The van der Waals surface area contributed by atoms with E-state index >= 15 is 0 Å². The lowest BCUT2D eigenvalue weighted by molar-refractivity contribution is -0.114. The summed E-state index contributed by atoms with van der Waals surface area (Å²) in [5.41, 5.74) is 0.263. The summed E-state index contributed by atoms with van der Waals surface area (Å²) < 4.78 is 57.3. The summed E-state index contributed by atoms with van der Waals surface area (Å²) in [7, 11) is -3.87. The molecule has 0 spiro atoms. The number of halogens is 2. The third kappa shape index (κ3) is 5.76. The first-order chi connectivity index (χ1) is 14.6. The van der Waals surface area contributed by atoms with Crippen LogP contribution in [0.1, 0.15) is 10.4 Å². The Hall–Kier alpha value is -3.05. The van der Waals surface area contributed by atoms with E-state index in [1.807, 2.05) is 0 Å². The molecule has 1 saturated heterocycles. The van der Waals surface area contributed by atoms with Gasteiger partial charge in [-0.25, -0.2) is 17.2 Å². The SMILES string of the molecule is CS(=O)(=O)N(CC(=O)Nc1ccc(F)cc1F)c1ccc(C(=O)N2CCOCC2)cc1. The van der Waals surface area contributed by atoms with Crippen LogP contribution in [0.4, 0.5) is 20.2 Å². The van der Waals surface area contributed by atoms with Crippen LogP contribution < -0.4 is 9.62 Å². The molecule has 2 amide bonds. The molecular weight excluding hydrogens is 432 g/mol. The van der Waals surface area contributed by atoms with E-state index in [4.69, 9.17) is 4.74 Å². The number of carbonyl (C=O) groups is 2. The smallest absolute Gasteiger partial charge is 0.254 e. The highest BCUT2D eigenvalue weighted by atomic mass is 32.2. The maximum absolute atomic E-state index is 13.7. The summed E-state index contributed by atoms with van der Waals surface area (Å²) in [6, 6.07) is 8.40. The monoisotopic (exact) mass is 453 g/mol. The highest BCUT2D eigenvalue weighted by Gasteiger charge is 2.23. The number of benzene rings is 2. The molecule has 11 heteroatoms. The Morgan fingerprint density at radius 2 is 1.74 bits per heavy atom. The average Bonchev–Trinajstić information content (AvgIpc) is 2.73. The zero-order valence-corrected chi connectivity index (χ0v) is 17.5. The first-order valence-corrected chi connectivity index (χ1v) is 11.2. The summed E-state index contributed by atoms with van der Waals surface area (Å²) in [5, 5.41) is 2.22. The summed E-state index contributed by atoms with van der Waals surface area (Å²) >= 11 is 0. The maximum atomic E-state index is 13.7. The highest BCUT2D eigenvalue weighted by Crippen LogP contribution is 2.20. The van der Waals surface area contributed by atoms with Crippen LogP contribution in [0.5, 0.6) is 0 Å². The van der Waals surface area contributed by atoms with Gasteiger partial charge in [0.2, 0.25) is 15.9 Å².